The van der Waals surface area contributed by atoms with E-state index in [1.165, 1.54) is 17.3 Å². The number of likely N-dealkylation sites (tertiary alicyclic amines) is 1. The first-order valence-electron chi connectivity index (χ1n) is 13.4. The van der Waals surface area contributed by atoms with Gasteiger partial charge in [-0.15, -0.1) is 0 Å². The van der Waals surface area contributed by atoms with E-state index in [1.54, 1.807) is 19.1 Å². The van der Waals surface area contributed by atoms with Crippen LogP contribution in [0.5, 0.6) is 0 Å². The second kappa shape index (κ2) is 11.7. The lowest BCUT2D eigenvalue weighted by molar-refractivity contribution is -0.144. The maximum atomic E-state index is 13.3. The molecule has 1 aliphatic rings. The molecule has 1 unspecified atom stereocenters. The van der Waals surface area contributed by atoms with Crippen LogP contribution in [0, 0.1) is 17.8 Å². The highest BCUT2D eigenvalue weighted by molar-refractivity contribution is 6.88. The number of aliphatic carboxylic acids is 1. The molecule has 0 aromatic heterocycles. The van der Waals surface area contributed by atoms with Gasteiger partial charge in [0.15, 0.2) is 0 Å². The van der Waals surface area contributed by atoms with E-state index in [-0.39, 0.29) is 18.0 Å². The van der Waals surface area contributed by atoms with Crippen LogP contribution in [-0.4, -0.2) is 30.6 Å². The van der Waals surface area contributed by atoms with Gasteiger partial charge in [0.05, 0.1) is 19.6 Å². The predicted molar refractivity (Wildman–Crippen MR) is 147 cm³/mol. The number of carbonyl (C=O) groups is 1. The first-order chi connectivity index (χ1) is 17.2. The third-order valence-corrected chi connectivity index (χ3v) is 10.0. The van der Waals surface area contributed by atoms with E-state index in [0.717, 1.165) is 36.8 Å². The van der Waals surface area contributed by atoms with Crippen molar-refractivity contribution < 1.29 is 23.1 Å². The largest absolute Gasteiger partial charge is 0.481 e. The van der Waals surface area contributed by atoms with E-state index in [1.807, 2.05) is 0 Å². The lowest BCUT2D eigenvalue weighted by atomic mass is 9.78. The Hall–Kier alpha value is -2.12. The Balaban J connectivity index is 2.02. The van der Waals surface area contributed by atoms with Gasteiger partial charge in [-0.05, 0) is 67.3 Å². The SMILES string of the molecule is CC(C)CC[C@H](c1ccc(C(F)(F)F)cc1)N1CC[C@@H](C(C)C(=O)O)C[C@H]1c1ccc([Si](C)(C)C)cc1. The summed E-state index contributed by atoms with van der Waals surface area (Å²) in [4.78, 5) is 14.3. The molecule has 0 saturated carbocycles. The first kappa shape index (κ1) is 29.4. The van der Waals surface area contributed by atoms with Crippen LogP contribution in [0.15, 0.2) is 48.5 Å². The van der Waals surface area contributed by atoms with Crippen LogP contribution in [-0.2, 0) is 11.0 Å². The summed E-state index contributed by atoms with van der Waals surface area (Å²) in [6.45, 7) is 13.8. The summed E-state index contributed by atoms with van der Waals surface area (Å²) < 4.78 is 39.8. The fraction of sp³-hybridized carbons (Fsp3) is 0.567. The molecule has 3 rings (SSSR count). The molecule has 7 heteroatoms. The van der Waals surface area contributed by atoms with Gasteiger partial charge in [0.2, 0.25) is 0 Å². The molecule has 0 bridgehead atoms. The maximum absolute atomic E-state index is 13.3. The van der Waals surface area contributed by atoms with Gasteiger partial charge in [-0.1, -0.05) is 82.0 Å². The quantitative estimate of drug-likeness (QED) is 0.333. The van der Waals surface area contributed by atoms with Crippen LogP contribution in [0.25, 0.3) is 0 Å². The van der Waals surface area contributed by atoms with Gasteiger partial charge < -0.3 is 5.11 Å². The average molecular weight is 534 g/mol. The van der Waals surface area contributed by atoms with Crippen LogP contribution in [0.4, 0.5) is 13.2 Å². The molecule has 204 valence electrons. The highest BCUT2D eigenvalue weighted by Crippen LogP contribution is 2.44. The normalized spacial score (nSPS) is 21.1. The Morgan fingerprint density at radius 2 is 1.59 bits per heavy atom. The van der Waals surface area contributed by atoms with E-state index in [2.05, 4.69) is 62.7 Å². The number of carboxylic acids is 1. The van der Waals surface area contributed by atoms with E-state index in [4.69, 9.17) is 0 Å². The summed E-state index contributed by atoms with van der Waals surface area (Å²) in [6, 6.07) is 14.4. The monoisotopic (exact) mass is 533 g/mol. The van der Waals surface area contributed by atoms with Crippen molar-refractivity contribution in [3.63, 3.8) is 0 Å². The standard InChI is InChI=1S/C30H42F3NO2Si/c1-20(2)7-16-27(22-8-12-25(13-9-22)30(31,32)33)34-18-17-24(21(3)29(35)36)19-28(34)23-10-14-26(15-11-23)37(4,5)6/h8-15,20-21,24,27-28H,7,16-19H2,1-6H3,(H,35,36)/t21?,24-,27-,28+/m1/s1. The third-order valence-electron chi connectivity index (χ3n) is 7.98. The van der Waals surface area contributed by atoms with Crippen molar-refractivity contribution in [1.82, 2.24) is 4.90 Å². The fourth-order valence-corrected chi connectivity index (χ4v) is 6.65. The molecular weight excluding hydrogens is 491 g/mol. The molecule has 2 aromatic carbocycles. The minimum atomic E-state index is -4.36. The summed E-state index contributed by atoms with van der Waals surface area (Å²) in [6.07, 6.45) is -1.09. The number of halogens is 3. The number of alkyl halides is 3. The van der Waals surface area contributed by atoms with Crippen molar-refractivity contribution in [3.05, 3.63) is 65.2 Å². The average Bonchev–Trinajstić information content (AvgIpc) is 2.83. The molecule has 1 N–H and O–H groups in total. The molecule has 0 aliphatic carbocycles. The number of carboxylic acid groups (broad SMARTS) is 1. The molecule has 0 amide bonds. The smallest absolute Gasteiger partial charge is 0.416 e. The van der Waals surface area contributed by atoms with E-state index < -0.39 is 31.7 Å². The zero-order valence-electron chi connectivity index (χ0n) is 23.0. The van der Waals surface area contributed by atoms with Crippen molar-refractivity contribution in [3.8, 4) is 0 Å². The fourth-order valence-electron chi connectivity index (χ4n) is 5.48. The molecule has 1 fully saturated rings. The van der Waals surface area contributed by atoms with Crippen LogP contribution in [0.3, 0.4) is 0 Å². The van der Waals surface area contributed by atoms with Crippen molar-refractivity contribution in [1.29, 1.82) is 0 Å². The molecule has 1 aliphatic heterocycles. The van der Waals surface area contributed by atoms with Crippen LogP contribution < -0.4 is 5.19 Å². The number of benzene rings is 2. The van der Waals surface area contributed by atoms with Gasteiger partial charge in [0, 0.05) is 12.1 Å². The molecule has 0 spiro atoms. The van der Waals surface area contributed by atoms with E-state index >= 15 is 0 Å². The Bertz CT molecular complexity index is 1030. The molecule has 4 atom stereocenters. The van der Waals surface area contributed by atoms with E-state index in [9.17, 15) is 23.1 Å². The summed E-state index contributed by atoms with van der Waals surface area (Å²) in [7, 11) is -1.47. The highest BCUT2D eigenvalue weighted by Gasteiger charge is 2.38. The summed E-state index contributed by atoms with van der Waals surface area (Å²) in [5.74, 6) is -0.693. The maximum Gasteiger partial charge on any atom is 0.416 e. The van der Waals surface area contributed by atoms with Gasteiger partial charge in [-0.3, -0.25) is 9.69 Å². The lowest BCUT2D eigenvalue weighted by Crippen LogP contribution is -2.42. The number of hydrogen-bond donors (Lipinski definition) is 1. The predicted octanol–water partition coefficient (Wildman–Crippen LogP) is 7.90. The highest BCUT2D eigenvalue weighted by atomic mass is 28.3. The first-order valence-corrected chi connectivity index (χ1v) is 16.9. The van der Waals surface area contributed by atoms with Gasteiger partial charge in [-0.2, -0.15) is 13.2 Å². The number of nitrogens with zero attached hydrogens (tertiary/aromatic N) is 1. The zero-order chi connectivity index (χ0) is 27.5. The van der Waals surface area contributed by atoms with Crippen molar-refractivity contribution >= 4 is 19.2 Å². The second-order valence-electron chi connectivity index (χ2n) is 12.1. The second-order valence-corrected chi connectivity index (χ2v) is 17.2. The molecule has 0 radical (unpaired) electrons. The van der Waals surface area contributed by atoms with Gasteiger partial charge in [0.25, 0.3) is 0 Å². The minimum absolute atomic E-state index is 0.00990. The number of rotatable bonds is 9. The van der Waals surface area contributed by atoms with Gasteiger partial charge in [-0.25, -0.2) is 0 Å². The van der Waals surface area contributed by atoms with Crippen molar-refractivity contribution in [2.75, 3.05) is 6.54 Å². The number of hydrogen-bond acceptors (Lipinski definition) is 2. The topological polar surface area (TPSA) is 40.5 Å². The molecule has 37 heavy (non-hydrogen) atoms. The van der Waals surface area contributed by atoms with Gasteiger partial charge in [0.1, 0.15) is 0 Å². The molecule has 1 saturated heterocycles. The molecule has 2 aromatic rings. The Kier molecular flexibility index (Phi) is 9.33. The van der Waals surface area contributed by atoms with Crippen molar-refractivity contribution in [2.24, 2.45) is 17.8 Å². The summed E-state index contributed by atoms with van der Waals surface area (Å²) >= 11 is 0. The van der Waals surface area contributed by atoms with Crippen LogP contribution in [0.1, 0.15) is 75.2 Å². The Morgan fingerprint density at radius 1 is 1.00 bits per heavy atom. The molecule has 1 heterocycles. The lowest BCUT2D eigenvalue weighted by Gasteiger charge is -2.45. The zero-order valence-corrected chi connectivity index (χ0v) is 24.0. The Morgan fingerprint density at radius 3 is 2.08 bits per heavy atom. The Labute approximate surface area is 221 Å². The van der Waals surface area contributed by atoms with Gasteiger partial charge >= 0.3 is 12.1 Å². The minimum Gasteiger partial charge on any atom is -0.481 e. The summed E-state index contributed by atoms with van der Waals surface area (Å²) in [5.41, 5.74) is 1.42. The van der Waals surface area contributed by atoms with Crippen molar-refractivity contribution in [2.45, 2.75) is 84.4 Å². The number of piperidine rings is 1. The molecule has 3 nitrogen and oxygen atoms in total. The summed E-state index contributed by atoms with van der Waals surface area (Å²) in [5, 5.41) is 11.1. The van der Waals surface area contributed by atoms with E-state index in [0.29, 0.717) is 12.5 Å². The van der Waals surface area contributed by atoms with Crippen LogP contribution in [0.2, 0.25) is 19.6 Å². The molecular formula is C30H42F3NO2Si. The third kappa shape index (κ3) is 7.47. The van der Waals surface area contributed by atoms with Crippen LogP contribution >= 0.6 is 0 Å².